The Bertz CT molecular complexity index is 1430. The van der Waals surface area contributed by atoms with Gasteiger partial charge in [-0.2, -0.15) is 0 Å². The van der Waals surface area contributed by atoms with Gasteiger partial charge < -0.3 is 21.3 Å². The first-order valence-electron chi connectivity index (χ1n) is 13.9. The largest absolute Gasteiger partial charge is 0.370 e. The average molecular weight is 541 g/mol. The highest BCUT2D eigenvalue weighted by Gasteiger charge is 2.37. The molecular weight excluding hydrogens is 500 g/mol. The molecule has 0 bridgehead atoms. The van der Waals surface area contributed by atoms with Crippen molar-refractivity contribution < 1.29 is 9.59 Å². The minimum Gasteiger partial charge on any atom is -0.370 e. The van der Waals surface area contributed by atoms with E-state index in [-0.39, 0.29) is 42.0 Å². The van der Waals surface area contributed by atoms with Gasteiger partial charge in [0.15, 0.2) is 5.96 Å². The summed E-state index contributed by atoms with van der Waals surface area (Å²) >= 11 is 0. The zero-order valence-corrected chi connectivity index (χ0v) is 23.7. The molecule has 4 rings (SSSR count). The quantitative estimate of drug-likeness (QED) is 0.217. The lowest BCUT2D eigenvalue weighted by Gasteiger charge is -2.45. The minimum atomic E-state index is -0.278. The molecule has 2 amide bonds. The number of benzene rings is 3. The average Bonchev–Trinajstić information content (AvgIpc) is 2.92. The van der Waals surface area contributed by atoms with Crippen LogP contribution in [0.15, 0.2) is 65.7 Å². The van der Waals surface area contributed by atoms with Crippen LogP contribution in [0.3, 0.4) is 0 Å². The number of nitrogens with two attached hydrogens (primary N) is 2. The predicted molar refractivity (Wildman–Crippen MR) is 162 cm³/mol. The molecule has 210 valence electrons. The maximum atomic E-state index is 13.6. The zero-order chi connectivity index (χ0) is 28.8. The van der Waals surface area contributed by atoms with Gasteiger partial charge in [0.1, 0.15) is 5.71 Å². The number of nitrogens with zero attached hydrogens (tertiary/aromatic N) is 3. The second-order valence-corrected chi connectivity index (χ2v) is 10.9. The van der Waals surface area contributed by atoms with Crippen LogP contribution in [-0.2, 0) is 22.4 Å². The third-order valence-electron chi connectivity index (χ3n) is 7.70. The number of piperazine rings is 1. The molecule has 2 atom stereocenters. The SMILES string of the molecule is Cc1ccc(CC(=N)C(=O)N2C[C@@H](C)N(C(=O)Cc3ccc4ccccc4c3)C[C@@H]2CCCN=C(N)N)c(C)c1. The van der Waals surface area contributed by atoms with Crippen LogP contribution in [0.5, 0.6) is 0 Å². The number of rotatable bonds is 9. The Kier molecular flexibility index (Phi) is 9.19. The zero-order valence-electron chi connectivity index (χ0n) is 23.7. The first-order valence-corrected chi connectivity index (χ1v) is 13.9. The van der Waals surface area contributed by atoms with Crippen molar-refractivity contribution in [1.29, 1.82) is 5.41 Å². The first-order chi connectivity index (χ1) is 19.1. The molecule has 3 aromatic rings. The Morgan fingerprint density at radius 2 is 1.70 bits per heavy atom. The normalized spacial score (nSPS) is 17.1. The maximum Gasteiger partial charge on any atom is 0.268 e. The molecular formula is C32H40N6O2. The topological polar surface area (TPSA) is 129 Å². The van der Waals surface area contributed by atoms with Crippen molar-refractivity contribution in [3.8, 4) is 0 Å². The van der Waals surface area contributed by atoms with Gasteiger partial charge >= 0.3 is 0 Å². The highest BCUT2D eigenvalue weighted by Crippen LogP contribution is 2.23. The molecule has 0 spiro atoms. The first kappa shape index (κ1) is 28.8. The van der Waals surface area contributed by atoms with E-state index in [9.17, 15) is 9.59 Å². The minimum absolute atomic E-state index is 0.0348. The molecule has 3 aromatic carbocycles. The molecule has 1 heterocycles. The van der Waals surface area contributed by atoms with E-state index < -0.39 is 0 Å². The molecule has 1 fully saturated rings. The van der Waals surface area contributed by atoms with E-state index in [2.05, 4.69) is 29.3 Å². The van der Waals surface area contributed by atoms with Crippen LogP contribution in [0.1, 0.15) is 42.0 Å². The van der Waals surface area contributed by atoms with E-state index in [1.807, 2.05) is 62.1 Å². The summed E-state index contributed by atoms with van der Waals surface area (Å²) in [6.07, 6.45) is 1.87. The number of hydrogen-bond donors (Lipinski definition) is 3. The van der Waals surface area contributed by atoms with Crippen LogP contribution in [0.25, 0.3) is 10.8 Å². The van der Waals surface area contributed by atoms with E-state index in [1.165, 1.54) is 0 Å². The summed E-state index contributed by atoms with van der Waals surface area (Å²) in [5, 5.41) is 10.9. The molecule has 8 heteroatoms. The lowest BCUT2D eigenvalue weighted by molar-refractivity contribution is -0.142. The van der Waals surface area contributed by atoms with Gasteiger partial charge in [0.2, 0.25) is 5.91 Å². The number of carbonyl (C=O) groups is 2. The van der Waals surface area contributed by atoms with Gasteiger partial charge in [-0.05, 0) is 61.1 Å². The number of fused-ring (bicyclic) bond motifs is 1. The van der Waals surface area contributed by atoms with Crippen molar-refractivity contribution in [2.75, 3.05) is 19.6 Å². The van der Waals surface area contributed by atoms with Gasteiger partial charge in [-0.15, -0.1) is 0 Å². The Morgan fingerprint density at radius 3 is 2.42 bits per heavy atom. The molecule has 8 nitrogen and oxygen atoms in total. The lowest BCUT2D eigenvalue weighted by atomic mass is 9.97. The van der Waals surface area contributed by atoms with Crippen LogP contribution in [0.4, 0.5) is 0 Å². The van der Waals surface area contributed by atoms with E-state index in [4.69, 9.17) is 16.9 Å². The summed E-state index contributed by atoms with van der Waals surface area (Å²) < 4.78 is 0. The summed E-state index contributed by atoms with van der Waals surface area (Å²) in [4.78, 5) is 34.9. The van der Waals surface area contributed by atoms with Gasteiger partial charge in [-0.25, -0.2) is 0 Å². The molecule has 0 aromatic heterocycles. The van der Waals surface area contributed by atoms with E-state index in [0.29, 0.717) is 38.9 Å². The summed E-state index contributed by atoms with van der Waals surface area (Å²) in [7, 11) is 0. The van der Waals surface area contributed by atoms with Crippen LogP contribution in [-0.4, -0.2) is 65.0 Å². The standard InChI is InChI=1S/C32H40N6O2/c1-21-10-12-26(22(2)15-21)18-29(33)31(40)38-19-23(3)37(20-28(38)9-6-14-36-32(34)35)30(39)17-24-11-13-25-7-4-5-8-27(25)16-24/h4-5,7-8,10-13,15-16,23,28,33H,6,9,14,17-20H2,1-3H3,(H4,34,35,36)/t23-,28+/m1/s1. The third kappa shape index (κ3) is 7.05. The Morgan fingerprint density at radius 1 is 0.950 bits per heavy atom. The lowest BCUT2D eigenvalue weighted by Crippen LogP contribution is -2.61. The highest BCUT2D eigenvalue weighted by molar-refractivity contribution is 6.38. The summed E-state index contributed by atoms with van der Waals surface area (Å²) in [6.45, 7) is 7.25. The van der Waals surface area contributed by atoms with Crippen molar-refractivity contribution in [3.05, 3.63) is 82.9 Å². The smallest absolute Gasteiger partial charge is 0.268 e. The fraction of sp³-hybridized carbons (Fsp3) is 0.375. The number of guanidine groups is 1. The fourth-order valence-electron chi connectivity index (χ4n) is 5.52. The van der Waals surface area contributed by atoms with Crippen molar-refractivity contribution in [1.82, 2.24) is 9.80 Å². The second kappa shape index (κ2) is 12.8. The van der Waals surface area contributed by atoms with Crippen LogP contribution in [0, 0.1) is 19.3 Å². The van der Waals surface area contributed by atoms with Crippen molar-refractivity contribution in [2.45, 2.75) is 58.5 Å². The second-order valence-electron chi connectivity index (χ2n) is 10.9. The Hall–Kier alpha value is -4.20. The van der Waals surface area contributed by atoms with Crippen LogP contribution >= 0.6 is 0 Å². The molecule has 1 aliphatic rings. The monoisotopic (exact) mass is 540 g/mol. The number of aliphatic imine (C=N–C) groups is 1. The van der Waals surface area contributed by atoms with Gasteiger partial charge in [0, 0.05) is 38.1 Å². The van der Waals surface area contributed by atoms with E-state index in [1.54, 1.807) is 4.90 Å². The number of amides is 2. The van der Waals surface area contributed by atoms with Crippen molar-refractivity contribution in [3.63, 3.8) is 0 Å². The molecule has 1 aliphatic heterocycles. The molecule has 0 saturated carbocycles. The molecule has 40 heavy (non-hydrogen) atoms. The molecule has 0 radical (unpaired) electrons. The summed E-state index contributed by atoms with van der Waals surface area (Å²) in [5.41, 5.74) is 15.2. The number of nitrogens with one attached hydrogen (secondary N) is 1. The molecule has 0 unspecified atom stereocenters. The highest BCUT2D eigenvalue weighted by atomic mass is 16.2. The third-order valence-corrected chi connectivity index (χ3v) is 7.70. The van der Waals surface area contributed by atoms with Crippen molar-refractivity contribution in [2.24, 2.45) is 16.5 Å². The molecule has 0 aliphatic carbocycles. The van der Waals surface area contributed by atoms with E-state index in [0.717, 1.165) is 33.0 Å². The van der Waals surface area contributed by atoms with E-state index >= 15 is 0 Å². The van der Waals surface area contributed by atoms with Gasteiger partial charge in [-0.1, -0.05) is 66.2 Å². The van der Waals surface area contributed by atoms with Gasteiger partial charge in [0.05, 0.1) is 6.42 Å². The maximum absolute atomic E-state index is 13.6. The summed E-state index contributed by atoms with van der Waals surface area (Å²) in [6, 6.07) is 19.9. The number of aryl methyl sites for hydroxylation is 2. The Balaban J connectivity index is 1.49. The Labute approximate surface area is 236 Å². The number of hydrogen-bond acceptors (Lipinski definition) is 4. The predicted octanol–water partition coefficient (Wildman–Crippen LogP) is 3.74. The van der Waals surface area contributed by atoms with Gasteiger partial charge in [-0.3, -0.25) is 20.0 Å². The van der Waals surface area contributed by atoms with Crippen LogP contribution < -0.4 is 11.5 Å². The molecule has 5 N–H and O–H groups in total. The van der Waals surface area contributed by atoms with Gasteiger partial charge in [0.25, 0.3) is 5.91 Å². The molecule has 1 saturated heterocycles. The fourth-order valence-corrected chi connectivity index (χ4v) is 5.52. The van der Waals surface area contributed by atoms with Crippen LogP contribution in [0.2, 0.25) is 0 Å². The summed E-state index contributed by atoms with van der Waals surface area (Å²) in [5.74, 6) is -0.206. The number of carbonyl (C=O) groups excluding carboxylic acids is 2. The van der Waals surface area contributed by atoms with Crippen molar-refractivity contribution >= 4 is 34.3 Å².